The number of ether oxygens (including phenoxy) is 1. The summed E-state index contributed by atoms with van der Waals surface area (Å²) >= 11 is 0. The number of hydrogen-bond donors (Lipinski definition) is 1. The van der Waals surface area contributed by atoms with Gasteiger partial charge in [0.1, 0.15) is 5.75 Å². The molecule has 0 unspecified atom stereocenters. The average molecular weight is 398 g/mol. The Bertz CT molecular complexity index is 978. The molecule has 3 aromatic rings. The molecular weight excluding hydrogens is 382 g/mol. The Balaban J connectivity index is 1.86. The van der Waals surface area contributed by atoms with Crippen LogP contribution in [0.1, 0.15) is 27.5 Å². The van der Waals surface area contributed by atoms with Crippen molar-refractivity contribution in [3.63, 3.8) is 0 Å². The van der Waals surface area contributed by atoms with Crippen molar-refractivity contribution in [1.82, 2.24) is 5.32 Å². The van der Waals surface area contributed by atoms with Gasteiger partial charge >= 0.3 is 6.61 Å². The molecule has 0 bridgehead atoms. The van der Waals surface area contributed by atoms with Crippen molar-refractivity contribution >= 4 is 11.6 Å². The Morgan fingerprint density at radius 3 is 2.03 bits per heavy atom. The molecule has 1 amide bonds. The number of rotatable bonds is 7. The first-order chi connectivity index (χ1) is 13.9. The van der Waals surface area contributed by atoms with Gasteiger partial charge in [-0.05, 0) is 35.4 Å². The third-order valence-corrected chi connectivity index (χ3v) is 4.19. The van der Waals surface area contributed by atoms with E-state index in [-0.39, 0.29) is 17.0 Å². The maximum absolute atomic E-state index is 12.7. The van der Waals surface area contributed by atoms with Gasteiger partial charge in [0.15, 0.2) is 0 Å². The quantitative estimate of drug-likeness (QED) is 0.461. The van der Waals surface area contributed by atoms with Crippen LogP contribution in [-0.2, 0) is 0 Å². The number of benzene rings is 3. The molecule has 0 radical (unpaired) electrons. The van der Waals surface area contributed by atoms with Crippen molar-refractivity contribution in [3.05, 3.63) is 106 Å². The van der Waals surface area contributed by atoms with E-state index < -0.39 is 23.5 Å². The zero-order valence-electron chi connectivity index (χ0n) is 15.0. The predicted molar refractivity (Wildman–Crippen MR) is 102 cm³/mol. The number of carbonyl (C=O) groups is 1. The van der Waals surface area contributed by atoms with E-state index >= 15 is 0 Å². The SMILES string of the molecule is O=C(N[C@@H](c1ccccc1)c1ccc(OC(F)F)cc1)c1ccc([N+](=O)[O-])cc1. The molecule has 0 aliphatic rings. The van der Waals surface area contributed by atoms with Gasteiger partial charge in [-0.25, -0.2) is 0 Å². The van der Waals surface area contributed by atoms with E-state index in [0.29, 0.717) is 5.56 Å². The third-order valence-electron chi connectivity index (χ3n) is 4.19. The second-order valence-corrected chi connectivity index (χ2v) is 6.07. The highest BCUT2D eigenvalue weighted by atomic mass is 19.3. The predicted octanol–water partition coefficient (Wildman–Crippen LogP) is 4.72. The summed E-state index contributed by atoms with van der Waals surface area (Å²) in [6.45, 7) is -2.92. The summed E-state index contributed by atoms with van der Waals surface area (Å²) in [5.41, 5.74) is 1.59. The molecule has 0 heterocycles. The van der Waals surface area contributed by atoms with E-state index in [1.807, 2.05) is 30.3 Å². The second-order valence-electron chi connectivity index (χ2n) is 6.07. The minimum atomic E-state index is -2.92. The lowest BCUT2D eigenvalue weighted by molar-refractivity contribution is -0.384. The molecule has 29 heavy (non-hydrogen) atoms. The monoisotopic (exact) mass is 398 g/mol. The molecule has 0 saturated heterocycles. The number of alkyl halides is 2. The number of nitrogens with one attached hydrogen (secondary N) is 1. The lowest BCUT2D eigenvalue weighted by Crippen LogP contribution is -2.29. The first-order valence-electron chi connectivity index (χ1n) is 8.59. The summed E-state index contributed by atoms with van der Waals surface area (Å²) in [7, 11) is 0. The summed E-state index contributed by atoms with van der Waals surface area (Å²) in [5, 5.41) is 13.6. The summed E-state index contributed by atoms with van der Waals surface area (Å²) < 4.78 is 29.1. The van der Waals surface area contributed by atoms with E-state index in [4.69, 9.17) is 0 Å². The molecule has 8 heteroatoms. The van der Waals surface area contributed by atoms with Gasteiger partial charge in [-0.2, -0.15) is 8.78 Å². The second kappa shape index (κ2) is 8.92. The maximum atomic E-state index is 12.7. The lowest BCUT2D eigenvalue weighted by atomic mass is 9.98. The fourth-order valence-corrected chi connectivity index (χ4v) is 2.80. The summed E-state index contributed by atoms with van der Waals surface area (Å²) in [6, 6.07) is 19.8. The number of amides is 1. The minimum absolute atomic E-state index is 0.0113. The number of carbonyl (C=O) groups excluding carboxylic acids is 1. The Kier molecular flexibility index (Phi) is 6.13. The molecule has 1 atom stereocenters. The highest BCUT2D eigenvalue weighted by molar-refractivity contribution is 5.94. The van der Waals surface area contributed by atoms with Gasteiger partial charge in [0.25, 0.3) is 11.6 Å². The van der Waals surface area contributed by atoms with Crippen molar-refractivity contribution in [2.45, 2.75) is 12.7 Å². The largest absolute Gasteiger partial charge is 0.435 e. The third kappa shape index (κ3) is 5.13. The molecule has 0 fully saturated rings. The van der Waals surface area contributed by atoms with Crippen LogP contribution >= 0.6 is 0 Å². The summed E-state index contributed by atoms with van der Waals surface area (Å²) in [6.07, 6.45) is 0. The molecule has 0 aliphatic heterocycles. The molecule has 148 valence electrons. The van der Waals surface area contributed by atoms with Gasteiger partial charge in [0.2, 0.25) is 0 Å². The maximum Gasteiger partial charge on any atom is 0.387 e. The van der Waals surface area contributed by atoms with Crippen molar-refractivity contribution in [1.29, 1.82) is 0 Å². The molecule has 1 N–H and O–H groups in total. The lowest BCUT2D eigenvalue weighted by Gasteiger charge is -2.20. The van der Waals surface area contributed by atoms with Crippen LogP contribution < -0.4 is 10.1 Å². The van der Waals surface area contributed by atoms with E-state index in [2.05, 4.69) is 10.1 Å². The van der Waals surface area contributed by atoms with Gasteiger partial charge in [-0.3, -0.25) is 14.9 Å². The zero-order valence-corrected chi connectivity index (χ0v) is 15.0. The molecule has 0 aliphatic carbocycles. The normalized spacial score (nSPS) is 11.7. The standard InChI is InChI=1S/C21H16F2N2O4/c22-21(23)29-18-12-8-15(9-13-18)19(14-4-2-1-3-5-14)24-20(26)16-6-10-17(11-7-16)25(27)28/h1-13,19,21H,(H,24,26)/t19-/m0/s1. The molecule has 6 nitrogen and oxygen atoms in total. The molecule has 0 spiro atoms. The minimum Gasteiger partial charge on any atom is -0.435 e. The summed E-state index contributed by atoms with van der Waals surface area (Å²) in [4.78, 5) is 22.9. The molecule has 3 rings (SSSR count). The van der Waals surface area contributed by atoms with Crippen molar-refractivity contribution < 1.29 is 23.2 Å². The van der Waals surface area contributed by atoms with Crippen LogP contribution in [0.15, 0.2) is 78.9 Å². The molecule has 0 saturated carbocycles. The Hall–Kier alpha value is -3.81. The molecular formula is C21H16F2N2O4. The fourth-order valence-electron chi connectivity index (χ4n) is 2.80. The van der Waals surface area contributed by atoms with Crippen molar-refractivity contribution in [3.8, 4) is 5.75 Å². The van der Waals surface area contributed by atoms with Crippen molar-refractivity contribution in [2.24, 2.45) is 0 Å². The number of hydrogen-bond acceptors (Lipinski definition) is 4. The van der Waals surface area contributed by atoms with Crippen molar-refractivity contribution in [2.75, 3.05) is 0 Å². The van der Waals surface area contributed by atoms with Crippen LogP contribution in [0.4, 0.5) is 14.5 Å². The topological polar surface area (TPSA) is 81.5 Å². The van der Waals surface area contributed by atoms with Gasteiger partial charge in [-0.1, -0.05) is 42.5 Å². The Morgan fingerprint density at radius 2 is 1.48 bits per heavy atom. The van der Waals surface area contributed by atoms with Crippen LogP contribution in [0.5, 0.6) is 5.75 Å². The first-order valence-corrected chi connectivity index (χ1v) is 8.59. The average Bonchev–Trinajstić information content (AvgIpc) is 2.73. The number of nitro groups is 1. The highest BCUT2D eigenvalue weighted by Crippen LogP contribution is 2.25. The summed E-state index contributed by atoms with van der Waals surface area (Å²) in [5.74, 6) is -0.418. The number of non-ortho nitro benzene ring substituents is 1. The highest BCUT2D eigenvalue weighted by Gasteiger charge is 2.19. The van der Waals surface area contributed by atoms with E-state index in [9.17, 15) is 23.7 Å². The van der Waals surface area contributed by atoms with Gasteiger partial charge in [0.05, 0.1) is 11.0 Å². The smallest absolute Gasteiger partial charge is 0.387 e. The Labute approximate surface area is 164 Å². The van der Waals surface area contributed by atoms with Crippen LogP contribution in [-0.4, -0.2) is 17.4 Å². The van der Waals surface area contributed by atoms with E-state index in [1.54, 1.807) is 12.1 Å². The van der Waals surface area contributed by atoms with Gasteiger partial charge < -0.3 is 10.1 Å². The number of nitrogens with zero attached hydrogens (tertiary/aromatic N) is 1. The van der Waals surface area contributed by atoms with E-state index in [1.165, 1.54) is 36.4 Å². The van der Waals surface area contributed by atoms with Crippen LogP contribution in [0.3, 0.4) is 0 Å². The number of nitro benzene ring substituents is 1. The van der Waals surface area contributed by atoms with Crippen LogP contribution in [0.25, 0.3) is 0 Å². The fraction of sp³-hybridized carbons (Fsp3) is 0.0952. The Morgan fingerprint density at radius 1 is 0.897 bits per heavy atom. The van der Waals surface area contributed by atoms with Crippen LogP contribution in [0, 0.1) is 10.1 Å². The molecule has 0 aromatic heterocycles. The first kappa shape index (κ1) is 19.9. The number of halogens is 2. The van der Waals surface area contributed by atoms with Crippen LogP contribution in [0.2, 0.25) is 0 Å². The van der Waals surface area contributed by atoms with Gasteiger partial charge in [-0.15, -0.1) is 0 Å². The van der Waals surface area contributed by atoms with Gasteiger partial charge in [0, 0.05) is 17.7 Å². The zero-order chi connectivity index (χ0) is 20.8. The molecule has 3 aromatic carbocycles. The van der Waals surface area contributed by atoms with E-state index in [0.717, 1.165) is 5.56 Å².